The van der Waals surface area contributed by atoms with Crippen LogP contribution >= 0.6 is 0 Å². The Morgan fingerprint density at radius 2 is 2.11 bits per heavy atom. The molecule has 0 spiro atoms. The summed E-state index contributed by atoms with van der Waals surface area (Å²) < 4.78 is 10.9. The number of hydrogen-bond acceptors (Lipinski definition) is 7. The quantitative estimate of drug-likeness (QED) is 0.720. The summed E-state index contributed by atoms with van der Waals surface area (Å²) in [4.78, 5) is 6.91. The lowest BCUT2D eigenvalue weighted by Gasteiger charge is -2.30. The lowest BCUT2D eigenvalue weighted by Crippen LogP contribution is -2.44. The number of nitrogens with one attached hydrogen (secondary N) is 2. The highest BCUT2D eigenvalue weighted by atomic mass is 16.5. The van der Waals surface area contributed by atoms with Gasteiger partial charge in [-0.3, -0.25) is 4.90 Å². The van der Waals surface area contributed by atoms with Crippen LogP contribution in [0.3, 0.4) is 0 Å². The van der Waals surface area contributed by atoms with Crippen molar-refractivity contribution in [3.63, 3.8) is 0 Å². The van der Waals surface area contributed by atoms with E-state index in [1.807, 2.05) is 48.5 Å². The van der Waals surface area contributed by atoms with E-state index in [0.717, 1.165) is 42.3 Å². The van der Waals surface area contributed by atoms with Crippen LogP contribution in [-0.4, -0.2) is 48.8 Å². The average molecular weight is 365 g/mol. The molecule has 3 aromatic rings. The Bertz CT molecular complexity index is 911. The predicted octanol–water partition coefficient (Wildman–Crippen LogP) is 3.06. The molecule has 1 fully saturated rings. The van der Waals surface area contributed by atoms with Gasteiger partial charge in [0.05, 0.1) is 24.4 Å². The van der Waals surface area contributed by atoms with Crippen molar-refractivity contribution in [2.24, 2.45) is 0 Å². The van der Waals surface area contributed by atoms with Crippen molar-refractivity contribution in [2.45, 2.75) is 6.04 Å². The molecule has 1 unspecified atom stereocenters. The van der Waals surface area contributed by atoms with Crippen LogP contribution in [-0.2, 0) is 0 Å². The first-order chi connectivity index (χ1) is 13.2. The molecule has 0 aliphatic carbocycles. The van der Waals surface area contributed by atoms with Gasteiger partial charge in [0.1, 0.15) is 5.75 Å². The standard InChI is InChI=1S/C20H23N5O2/c1-25-11-10-21-13-18(25)19-23-20(27-24-19)16-8-3-4-9-17(16)22-14-6-5-7-15(12-14)26-2/h3-9,12,18,21-22H,10-11,13H2,1-2H3. The van der Waals surface area contributed by atoms with Crippen LogP contribution in [0.2, 0.25) is 0 Å². The summed E-state index contributed by atoms with van der Waals surface area (Å²) in [5.74, 6) is 2.01. The van der Waals surface area contributed by atoms with E-state index in [1.54, 1.807) is 7.11 Å². The van der Waals surface area contributed by atoms with E-state index in [9.17, 15) is 0 Å². The third kappa shape index (κ3) is 3.79. The maximum absolute atomic E-state index is 5.60. The Hall–Kier alpha value is -2.90. The van der Waals surface area contributed by atoms with Crippen LogP contribution in [0, 0.1) is 0 Å². The molecule has 1 aliphatic heterocycles. The molecule has 1 saturated heterocycles. The smallest absolute Gasteiger partial charge is 0.260 e. The molecule has 2 N–H and O–H groups in total. The van der Waals surface area contributed by atoms with E-state index >= 15 is 0 Å². The Morgan fingerprint density at radius 3 is 2.96 bits per heavy atom. The fourth-order valence-corrected chi connectivity index (χ4v) is 3.21. The zero-order valence-corrected chi connectivity index (χ0v) is 15.5. The topological polar surface area (TPSA) is 75.5 Å². The van der Waals surface area contributed by atoms with E-state index in [0.29, 0.717) is 11.7 Å². The van der Waals surface area contributed by atoms with Crippen molar-refractivity contribution in [2.75, 3.05) is 39.1 Å². The van der Waals surface area contributed by atoms with Gasteiger partial charge in [0.25, 0.3) is 5.89 Å². The average Bonchev–Trinajstić information content (AvgIpc) is 3.18. The molecule has 1 atom stereocenters. The molecule has 1 aromatic heterocycles. The second kappa shape index (κ2) is 7.77. The van der Waals surface area contributed by atoms with Gasteiger partial charge >= 0.3 is 0 Å². The molecule has 0 saturated carbocycles. The van der Waals surface area contributed by atoms with Crippen LogP contribution in [0.25, 0.3) is 11.5 Å². The summed E-state index contributed by atoms with van der Waals surface area (Å²) >= 11 is 0. The van der Waals surface area contributed by atoms with Gasteiger partial charge in [-0.2, -0.15) is 4.98 Å². The molecule has 140 valence electrons. The first-order valence-corrected chi connectivity index (χ1v) is 8.99. The van der Waals surface area contributed by atoms with Gasteiger partial charge in [0.2, 0.25) is 0 Å². The summed E-state index contributed by atoms with van der Waals surface area (Å²) in [5.41, 5.74) is 2.69. The fourth-order valence-electron chi connectivity index (χ4n) is 3.21. The minimum atomic E-state index is 0.120. The molecule has 0 bridgehead atoms. The van der Waals surface area contributed by atoms with Crippen LogP contribution < -0.4 is 15.4 Å². The Morgan fingerprint density at radius 1 is 1.22 bits per heavy atom. The second-order valence-corrected chi connectivity index (χ2v) is 6.56. The van der Waals surface area contributed by atoms with Crippen molar-refractivity contribution in [1.82, 2.24) is 20.4 Å². The molecule has 2 aromatic carbocycles. The van der Waals surface area contributed by atoms with Crippen LogP contribution in [0.5, 0.6) is 5.75 Å². The van der Waals surface area contributed by atoms with Crippen molar-refractivity contribution >= 4 is 11.4 Å². The van der Waals surface area contributed by atoms with Gasteiger partial charge < -0.3 is 19.9 Å². The molecule has 4 rings (SSSR count). The Kier molecular flexibility index (Phi) is 5.04. The lowest BCUT2D eigenvalue weighted by molar-refractivity contribution is 0.190. The third-order valence-corrected chi connectivity index (χ3v) is 4.76. The molecule has 27 heavy (non-hydrogen) atoms. The number of aromatic nitrogens is 2. The predicted molar refractivity (Wildman–Crippen MR) is 104 cm³/mol. The molecule has 2 heterocycles. The normalized spacial score (nSPS) is 17.6. The number of para-hydroxylation sites is 1. The zero-order valence-electron chi connectivity index (χ0n) is 15.5. The molecule has 7 nitrogen and oxygen atoms in total. The van der Waals surface area contributed by atoms with Crippen molar-refractivity contribution < 1.29 is 9.26 Å². The Labute approximate surface area is 158 Å². The van der Waals surface area contributed by atoms with Crippen LogP contribution in [0.1, 0.15) is 11.9 Å². The molecule has 7 heteroatoms. The zero-order chi connectivity index (χ0) is 18.6. The maximum atomic E-state index is 5.60. The maximum Gasteiger partial charge on any atom is 0.260 e. The van der Waals surface area contributed by atoms with Gasteiger partial charge in [-0.15, -0.1) is 0 Å². The van der Waals surface area contributed by atoms with Crippen molar-refractivity contribution in [1.29, 1.82) is 0 Å². The number of nitrogens with zero attached hydrogens (tertiary/aromatic N) is 3. The number of likely N-dealkylation sites (N-methyl/N-ethyl adjacent to an activating group) is 1. The van der Waals surface area contributed by atoms with E-state index < -0.39 is 0 Å². The summed E-state index contributed by atoms with van der Waals surface area (Å²) in [6.07, 6.45) is 0. The van der Waals surface area contributed by atoms with Crippen LogP contribution in [0.15, 0.2) is 53.1 Å². The van der Waals surface area contributed by atoms with E-state index in [1.165, 1.54) is 0 Å². The highest BCUT2D eigenvalue weighted by molar-refractivity contribution is 5.77. The molecule has 0 amide bonds. The SMILES string of the molecule is COc1cccc(Nc2ccccc2-c2nc(C3CNCCN3C)no2)c1. The van der Waals surface area contributed by atoms with Gasteiger partial charge in [-0.25, -0.2) is 0 Å². The number of hydrogen-bond donors (Lipinski definition) is 2. The molecular weight excluding hydrogens is 342 g/mol. The summed E-state index contributed by atoms with van der Waals surface area (Å²) in [6.45, 7) is 2.76. The van der Waals surface area contributed by atoms with Crippen LogP contribution in [0.4, 0.5) is 11.4 Å². The number of methoxy groups -OCH3 is 1. The monoisotopic (exact) mass is 365 g/mol. The minimum Gasteiger partial charge on any atom is -0.497 e. The Balaban J connectivity index is 1.61. The second-order valence-electron chi connectivity index (χ2n) is 6.56. The largest absolute Gasteiger partial charge is 0.497 e. The molecule has 1 aliphatic rings. The minimum absolute atomic E-state index is 0.120. The number of rotatable bonds is 5. The van der Waals surface area contributed by atoms with Gasteiger partial charge in [-0.1, -0.05) is 23.4 Å². The highest BCUT2D eigenvalue weighted by Gasteiger charge is 2.26. The van der Waals surface area contributed by atoms with E-state index in [2.05, 4.69) is 32.7 Å². The number of piperazine rings is 1. The van der Waals surface area contributed by atoms with Gasteiger partial charge in [0.15, 0.2) is 5.82 Å². The van der Waals surface area contributed by atoms with E-state index in [-0.39, 0.29) is 6.04 Å². The number of anilines is 2. The third-order valence-electron chi connectivity index (χ3n) is 4.76. The fraction of sp³-hybridized carbons (Fsp3) is 0.300. The first kappa shape index (κ1) is 17.5. The number of ether oxygens (including phenoxy) is 1. The summed E-state index contributed by atoms with van der Waals surface area (Å²) in [7, 11) is 3.74. The van der Waals surface area contributed by atoms with Gasteiger partial charge in [0, 0.05) is 31.4 Å². The first-order valence-electron chi connectivity index (χ1n) is 8.99. The summed E-state index contributed by atoms with van der Waals surface area (Å²) in [5, 5.41) is 11.0. The van der Waals surface area contributed by atoms with E-state index in [4.69, 9.17) is 9.26 Å². The van der Waals surface area contributed by atoms with Crippen molar-refractivity contribution in [3.8, 4) is 17.2 Å². The lowest BCUT2D eigenvalue weighted by atomic mass is 10.1. The molecule has 0 radical (unpaired) electrons. The number of benzene rings is 2. The van der Waals surface area contributed by atoms with Gasteiger partial charge in [-0.05, 0) is 31.3 Å². The van der Waals surface area contributed by atoms with Crippen molar-refractivity contribution in [3.05, 3.63) is 54.4 Å². The molecular formula is C20H23N5O2. The highest BCUT2D eigenvalue weighted by Crippen LogP contribution is 2.31. The summed E-state index contributed by atoms with van der Waals surface area (Å²) in [6, 6.07) is 15.8.